The first-order valence-electron chi connectivity index (χ1n) is 10.8. The first-order chi connectivity index (χ1) is 15.9. The molecule has 3 rings (SSSR count). The molecule has 0 bridgehead atoms. The second-order valence-electron chi connectivity index (χ2n) is 7.85. The number of urea groups is 1. The summed E-state index contributed by atoms with van der Waals surface area (Å²) in [6.07, 6.45) is 7.86. The summed E-state index contributed by atoms with van der Waals surface area (Å²) in [4.78, 5) is 50.8. The van der Waals surface area contributed by atoms with E-state index in [-0.39, 0.29) is 18.2 Å². The number of amides is 4. The number of carbonyl (C=O) groups is 4. The smallest absolute Gasteiger partial charge is 0.343 e. The molecule has 2 aliphatic rings. The van der Waals surface area contributed by atoms with Crippen molar-refractivity contribution in [1.82, 2.24) is 10.2 Å². The van der Waals surface area contributed by atoms with Gasteiger partial charge in [0.25, 0.3) is 11.8 Å². The Hall–Kier alpha value is -3.62. The number of barbiturate groups is 1. The summed E-state index contributed by atoms with van der Waals surface area (Å²) in [5, 5.41) is 2.28. The third-order valence-electron chi connectivity index (χ3n) is 5.68. The van der Waals surface area contributed by atoms with Crippen LogP contribution in [-0.4, -0.2) is 55.6 Å². The Labute approximate surface area is 192 Å². The molecule has 0 unspecified atom stereocenters. The quantitative estimate of drug-likeness (QED) is 0.277. The minimum absolute atomic E-state index is 0.130. The van der Waals surface area contributed by atoms with Gasteiger partial charge in [0.05, 0.1) is 14.2 Å². The van der Waals surface area contributed by atoms with Crippen LogP contribution in [0.2, 0.25) is 0 Å². The summed E-state index contributed by atoms with van der Waals surface area (Å²) in [6, 6.07) is 2.41. The molecule has 9 nitrogen and oxygen atoms in total. The molecule has 0 radical (unpaired) electrons. The number of esters is 1. The van der Waals surface area contributed by atoms with E-state index in [0.717, 1.165) is 32.1 Å². The summed E-state index contributed by atoms with van der Waals surface area (Å²) < 4.78 is 15.6. The van der Waals surface area contributed by atoms with E-state index in [1.165, 1.54) is 25.2 Å². The van der Waals surface area contributed by atoms with Crippen molar-refractivity contribution in [1.29, 1.82) is 0 Å². The van der Waals surface area contributed by atoms with E-state index in [9.17, 15) is 19.2 Å². The van der Waals surface area contributed by atoms with E-state index in [4.69, 9.17) is 9.47 Å². The van der Waals surface area contributed by atoms with Crippen molar-refractivity contribution < 1.29 is 33.4 Å². The number of imide groups is 2. The molecular weight excluding hydrogens is 428 g/mol. The Balaban J connectivity index is 1.97. The minimum atomic E-state index is -0.743. The topological polar surface area (TPSA) is 111 Å². The van der Waals surface area contributed by atoms with Gasteiger partial charge in [-0.1, -0.05) is 25.3 Å². The third-order valence-corrected chi connectivity index (χ3v) is 5.68. The number of rotatable bonds is 8. The van der Waals surface area contributed by atoms with Crippen molar-refractivity contribution in [2.75, 3.05) is 20.8 Å². The molecule has 0 spiro atoms. The molecule has 1 N–H and O–H groups in total. The van der Waals surface area contributed by atoms with Crippen LogP contribution in [0.1, 0.15) is 43.2 Å². The first kappa shape index (κ1) is 24.0. The highest BCUT2D eigenvalue weighted by Crippen LogP contribution is 2.35. The number of hydrogen-bond acceptors (Lipinski definition) is 7. The predicted molar refractivity (Wildman–Crippen MR) is 120 cm³/mol. The van der Waals surface area contributed by atoms with Crippen LogP contribution in [0.5, 0.6) is 11.5 Å². The lowest BCUT2D eigenvalue weighted by molar-refractivity contribution is -0.143. The molecule has 2 fully saturated rings. The van der Waals surface area contributed by atoms with Crippen molar-refractivity contribution in [3.63, 3.8) is 0 Å². The molecule has 4 amide bonds. The molecule has 9 heteroatoms. The molecule has 1 aliphatic heterocycles. The van der Waals surface area contributed by atoms with Gasteiger partial charge in [-0.2, -0.15) is 0 Å². The standard InChI is InChI=1S/C24H28N2O7/c1-4-8-16-11-15(13-19(31-2)21(16)33-14-20(27)32-3)12-18-22(28)25-24(30)26(23(18)29)17-9-6-5-7-10-17/h4,11-13,17H,1,5-10,14H2,2-3H3,(H,25,28,30). The van der Waals surface area contributed by atoms with E-state index in [2.05, 4.69) is 16.6 Å². The SMILES string of the molecule is C=CCc1cc(C=C2C(=O)NC(=O)N(C3CCCCC3)C2=O)cc(OC)c1OCC(=O)OC. The van der Waals surface area contributed by atoms with Gasteiger partial charge in [0, 0.05) is 11.6 Å². The van der Waals surface area contributed by atoms with Crippen LogP contribution in [0, 0.1) is 0 Å². The van der Waals surface area contributed by atoms with Crippen LogP contribution in [0.4, 0.5) is 4.79 Å². The van der Waals surface area contributed by atoms with Gasteiger partial charge in [-0.15, -0.1) is 6.58 Å². The summed E-state index contributed by atoms with van der Waals surface area (Å²) in [6.45, 7) is 3.43. The molecule has 1 heterocycles. The largest absolute Gasteiger partial charge is 0.493 e. The normalized spacial score (nSPS) is 18.2. The Morgan fingerprint density at radius 3 is 2.55 bits per heavy atom. The molecule has 0 aromatic heterocycles. The molecule has 1 saturated carbocycles. The van der Waals surface area contributed by atoms with E-state index < -0.39 is 23.8 Å². The number of ether oxygens (including phenoxy) is 3. The fourth-order valence-electron chi connectivity index (χ4n) is 4.09. The number of methoxy groups -OCH3 is 2. The van der Waals surface area contributed by atoms with Gasteiger partial charge in [-0.3, -0.25) is 19.8 Å². The molecule has 1 aliphatic carbocycles. The van der Waals surface area contributed by atoms with Gasteiger partial charge in [0.15, 0.2) is 18.1 Å². The highest BCUT2D eigenvalue weighted by Gasteiger charge is 2.40. The van der Waals surface area contributed by atoms with Crippen LogP contribution in [-0.2, 0) is 25.5 Å². The van der Waals surface area contributed by atoms with Crippen molar-refractivity contribution in [3.05, 3.63) is 41.5 Å². The number of allylic oxidation sites excluding steroid dienone is 1. The van der Waals surface area contributed by atoms with Crippen molar-refractivity contribution >= 4 is 29.9 Å². The lowest BCUT2D eigenvalue weighted by Crippen LogP contribution is -2.58. The van der Waals surface area contributed by atoms with E-state index in [0.29, 0.717) is 29.0 Å². The van der Waals surface area contributed by atoms with Crippen molar-refractivity contribution in [2.45, 2.75) is 44.6 Å². The summed E-state index contributed by atoms with van der Waals surface area (Å²) in [5.41, 5.74) is 1.02. The van der Waals surface area contributed by atoms with Crippen LogP contribution < -0.4 is 14.8 Å². The average molecular weight is 456 g/mol. The van der Waals surface area contributed by atoms with Gasteiger partial charge in [0.1, 0.15) is 5.57 Å². The Morgan fingerprint density at radius 1 is 1.18 bits per heavy atom. The average Bonchev–Trinajstić information content (AvgIpc) is 2.81. The van der Waals surface area contributed by atoms with E-state index in [1.54, 1.807) is 18.2 Å². The Bertz CT molecular complexity index is 993. The fourth-order valence-corrected chi connectivity index (χ4v) is 4.09. The minimum Gasteiger partial charge on any atom is -0.493 e. The molecule has 176 valence electrons. The molecule has 0 atom stereocenters. The molecule has 1 aromatic rings. The van der Waals surface area contributed by atoms with Gasteiger partial charge in [-0.25, -0.2) is 9.59 Å². The van der Waals surface area contributed by atoms with Crippen LogP contribution >= 0.6 is 0 Å². The Morgan fingerprint density at radius 2 is 1.91 bits per heavy atom. The van der Waals surface area contributed by atoms with Crippen LogP contribution in [0.15, 0.2) is 30.4 Å². The number of nitrogens with zero attached hydrogens (tertiary/aromatic N) is 1. The zero-order chi connectivity index (χ0) is 24.0. The summed E-state index contributed by atoms with van der Waals surface area (Å²) in [7, 11) is 2.70. The molecule has 1 saturated heterocycles. The number of carbonyl (C=O) groups excluding carboxylic acids is 4. The number of hydrogen-bond donors (Lipinski definition) is 1. The first-order valence-corrected chi connectivity index (χ1v) is 10.8. The lowest BCUT2D eigenvalue weighted by atomic mass is 9.93. The highest BCUT2D eigenvalue weighted by molar-refractivity contribution is 6.31. The summed E-state index contributed by atoms with van der Waals surface area (Å²) >= 11 is 0. The molecule has 33 heavy (non-hydrogen) atoms. The van der Waals surface area contributed by atoms with Crippen LogP contribution in [0.25, 0.3) is 6.08 Å². The zero-order valence-corrected chi connectivity index (χ0v) is 18.8. The van der Waals surface area contributed by atoms with Crippen molar-refractivity contribution in [3.8, 4) is 11.5 Å². The van der Waals surface area contributed by atoms with E-state index in [1.807, 2.05) is 0 Å². The van der Waals surface area contributed by atoms with E-state index >= 15 is 0 Å². The monoisotopic (exact) mass is 456 g/mol. The second kappa shape index (κ2) is 10.8. The second-order valence-corrected chi connectivity index (χ2v) is 7.85. The lowest BCUT2D eigenvalue weighted by Gasteiger charge is -2.35. The predicted octanol–water partition coefficient (Wildman–Crippen LogP) is 2.77. The summed E-state index contributed by atoms with van der Waals surface area (Å²) in [5.74, 6) is -1.25. The van der Waals surface area contributed by atoms with Crippen molar-refractivity contribution in [2.24, 2.45) is 0 Å². The van der Waals surface area contributed by atoms with Gasteiger partial charge in [-0.05, 0) is 43.0 Å². The maximum atomic E-state index is 13.1. The fraction of sp³-hybridized carbons (Fsp3) is 0.417. The third kappa shape index (κ3) is 5.42. The van der Waals surface area contributed by atoms with Gasteiger partial charge < -0.3 is 14.2 Å². The highest BCUT2D eigenvalue weighted by atomic mass is 16.6. The van der Waals surface area contributed by atoms with Gasteiger partial charge >= 0.3 is 12.0 Å². The zero-order valence-electron chi connectivity index (χ0n) is 18.8. The maximum absolute atomic E-state index is 13.1. The maximum Gasteiger partial charge on any atom is 0.343 e. The molecular formula is C24H28N2O7. The van der Waals surface area contributed by atoms with Gasteiger partial charge in [0.2, 0.25) is 0 Å². The Kier molecular flexibility index (Phi) is 7.87. The molecule has 1 aromatic carbocycles. The van der Waals surface area contributed by atoms with Crippen LogP contribution in [0.3, 0.4) is 0 Å². The number of benzene rings is 1. The number of nitrogens with one attached hydrogen (secondary N) is 1.